The van der Waals surface area contributed by atoms with Crippen LogP contribution in [0.4, 0.5) is 59.4 Å². The quantitative estimate of drug-likeness (QED) is 0.0193. The first-order chi connectivity index (χ1) is 42.0. The van der Waals surface area contributed by atoms with Crippen molar-refractivity contribution in [1.82, 2.24) is 50.7 Å². The van der Waals surface area contributed by atoms with Crippen LogP contribution in [0.1, 0.15) is 105 Å². The number of nitrogens with zero attached hydrogens (tertiary/aromatic N) is 8. The highest BCUT2D eigenvalue weighted by atomic mass is 19.4. The highest BCUT2D eigenvalue weighted by Gasteiger charge is 2.57. The number of ketones is 1. The normalized spacial score (nSPS) is 17.8. The van der Waals surface area contributed by atoms with Gasteiger partial charge in [0.2, 0.25) is 5.95 Å². The van der Waals surface area contributed by atoms with E-state index in [0.717, 1.165) is 58.6 Å². The number of alkyl halides is 8. The first kappa shape index (κ1) is 66.6. The number of aromatic nitrogens is 5. The number of benzene rings is 2. The molecule has 0 spiro atoms. The number of nitrogens with one attached hydrogen (secondary N) is 3. The number of hydrogen-bond acceptors (Lipinski definition) is 15. The maximum absolute atomic E-state index is 16.5. The van der Waals surface area contributed by atoms with Gasteiger partial charge in [-0.25, -0.2) is 42.8 Å². The van der Waals surface area contributed by atoms with Gasteiger partial charge in [0.05, 0.1) is 48.4 Å². The Bertz CT molecular complexity index is 3360. The molecule has 2 aromatic carbocycles. The molecule has 2 saturated heterocycles. The van der Waals surface area contributed by atoms with Crippen molar-refractivity contribution in [1.29, 1.82) is 0 Å². The van der Waals surface area contributed by atoms with Crippen LogP contribution in [-0.2, 0) is 36.8 Å². The van der Waals surface area contributed by atoms with Crippen molar-refractivity contribution in [2.24, 2.45) is 16.7 Å². The average Bonchev–Trinajstić information content (AvgIpc) is 1.82. The van der Waals surface area contributed by atoms with Crippen LogP contribution in [-0.4, -0.2) is 147 Å². The number of rotatable bonds is 22. The molecule has 2 aliphatic heterocycles. The Hall–Kier alpha value is -8.39. The Morgan fingerprint density at radius 2 is 1.34 bits per heavy atom. The van der Waals surface area contributed by atoms with Crippen LogP contribution in [0.15, 0.2) is 85.6 Å². The number of anilines is 1. The van der Waals surface area contributed by atoms with Crippen LogP contribution in [0, 0.1) is 40.2 Å². The number of halogens is 10. The third-order valence-corrected chi connectivity index (χ3v) is 16.6. The predicted molar refractivity (Wildman–Crippen MR) is 299 cm³/mol. The van der Waals surface area contributed by atoms with Gasteiger partial charge in [-0.05, 0) is 108 Å². The third-order valence-electron chi connectivity index (χ3n) is 16.6. The fourth-order valence-corrected chi connectivity index (χ4v) is 11.0. The van der Waals surface area contributed by atoms with E-state index in [1.165, 1.54) is 49.7 Å². The van der Waals surface area contributed by atoms with Crippen molar-refractivity contribution in [2.75, 3.05) is 38.8 Å². The number of amides is 3. The molecule has 3 fully saturated rings. The van der Waals surface area contributed by atoms with Crippen LogP contribution in [0.2, 0.25) is 0 Å². The standard InChI is InChI=1S/C60H65F10N11O8/c1-57(2,59(65,66)67)49(74-55(85)87-5)47(82)26-39(23-35-15-12-34(13-16-35)14-17-36-27-72-54(73-28-36)78-30-41-18-19-42(31-78)81(41)40-10-7-11-40)48(89-52(84)37-9-8-21-71-29-37)33-79(77-51(83)50(75-56(86)88-6)58(3,4)60(68,69)70)32-43-44(61)24-38(25-45(43)62)46-20-22-80(76-46)53(63)64/h8-9,12-13,15-16,20-22,24-25,27-29,39-42,48-50,53H,7,10-11,18-19,23,26,30-33H2,1-6H3,(H,74,85)(H,75,86)(H,77,83)/t39-,41?,42?,48+,49-,50-/m1/s1. The fourth-order valence-electron chi connectivity index (χ4n) is 11.0. The lowest BCUT2D eigenvalue weighted by molar-refractivity contribution is -0.221. The SMILES string of the molecule is COC(=O)N[C@H](C(=O)C[C@@H](Cc1ccc(C#Cc2cnc(N3CC4CCC(C3)N4C3CCC3)nc2)cc1)[C@H](CN(Cc1c(F)cc(-c2ccn(C(F)F)n2)cc1F)NC(=O)[C@@H](NC(=O)OC)C(C)(C)C(F)(F)F)OC(=O)c1cccnc1)C(C)(C)C(F)(F)F. The zero-order valence-corrected chi connectivity index (χ0v) is 49.1. The van der Waals surface area contributed by atoms with Crippen molar-refractivity contribution < 1.29 is 82.1 Å². The summed E-state index contributed by atoms with van der Waals surface area (Å²) in [6.45, 7) is -1.47. The summed E-state index contributed by atoms with van der Waals surface area (Å²) in [5.74, 6) is -2.16. The summed E-state index contributed by atoms with van der Waals surface area (Å²) < 4.78 is 164. The molecule has 19 nitrogen and oxygen atoms in total. The summed E-state index contributed by atoms with van der Waals surface area (Å²) in [7, 11) is 1.61. The maximum Gasteiger partial charge on any atom is 0.407 e. The number of carbonyl (C=O) groups is 5. The topological polar surface area (TPSA) is 215 Å². The first-order valence-corrected chi connectivity index (χ1v) is 28.3. The van der Waals surface area contributed by atoms with Gasteiger partial charge in [-0.15, -0.1) is 0 Å². The number of ether oxygens (including phenoxy) is 3. The summed E-state index contributed by atoms with van der Waals surface area (Å²) in [6, 6.07) is 7.50. The largest absolute Gasteiger partial charge is 0.457 e. The number of fused-ring (bicyclic) bond motifs is 2. The summed E-state index contributed by atoms with van der Waals surface area (Å²) in [5, 5.41) is 7.95. The van der Waals surface area contributed by atoms with E-state index in [4.69, 9.17) is 4.74 Å². The van der Waals surface area contributed by atoms with Gasteiger partial charge in [0, 0.05) is 97.8 Å². The highest BCUT2D eigenvalue weighted by Crippen LogP contribution is 2.43. The lowest BCUT2D eigenvalue weighted by Gasteiger charge is -2.48. The molecule has 8 rings (SSSR count). The lowest BCUT2D eigenvalue weighted by atomic mass is 9.77. The van der Waals surface area contributed by atoms with E-state index in [1.807, 2.05) is 10.6 Å². The lowest BCUT2D eigenvalue weighted by Crippen LogP contribution is -2.62. The van der Waals surface area contributed by atoms with Crippen molar-refractivity contribution >= 4 is 35.8 Å². The third kappa shape index (κ3) is 15.7. The van der Waals surface area contributed by atoms with Gasteiger partial charge < -0.3 is 29.7 Å². The number of hydrazine groups is 1. The number of alkyl carbamates (subject to hydrolysis) is 2. The van der Waals surface area contributed by atoms with Gasteiger partial charge in [-0.2, -0.15) is 40.2 Å². The average molecular weight is 1260 g/mol. The number of esters is 1. The number of pyridine rings is 1. The zero-order valence-electron chi connectivity index (χ0n) is 49.1. The van der Waals surface area contributed by atoms with Gasteiger partial charge in [-0.3, -0.25) is 24.9 Å². The maximum atomic E-state index is 16.5. The Morgan fingerprint density at radius 3 is 1.87 bits per heavy atom. The summed E-state index contributed by atoms with van der Waals surface area (Å²) >= 11 is 0. The van der Waals surface area contributed by atoms with Crippen molar-refractivity contribution in [3.63, 3.8) is 0 Å². The summed E-state index contributed by atoms with van der Waals surface area (Å²) in [5.41, 5.74) is -4.83. The zero-order chi connectivity index (χ0) is 64.8. The Labute approximate surface area is 505 Å². The van der Waals surface area contributed by atoms with Crippen molar-refractivity contribution in [3.8, 4) is 23.1 Å². The van der Waals surface area contributed by atoms with Gasteiger partial charge in [-0.1, -0.05) is 30.4 Å². The van der Waals surface area contributed by atoms with Crippen LogP contribution in [0.5, 0.6) is 0 Å². The minimum Gasteiger partial charge on any atom is -0.457 e. The van der Waals surface area contributed by atoms with Crippen LogP contribution in [0.3, 0.4) is 0 Å². The molecule has 0 radical (unpaired) electrons. The molecular weight excluding hydrogens is 1190 g/mol. The molecule has 6 atom stereocenters. The molecule has 5 heterocycles. The van der Waals surface area contributed by atoms with Crippen molar-refractivity contribution in [2.45, 2.75) is 134 Å². The molecule has 478 valence electrons. The van der Waals surface area contributed by atoms with Gasteiger partial charge >= 0.3 is 37.1 Å². The van der Waals surface area contributed by atoms with Crippen LogP contribution in [0.25, 0.3) is 11.3 Å². The second-order valence-corrected chi connectivity index (χ2v) is 23.2. The van der Waals surface area contributed by atoms with Crippen molar-refractivity contribution in [3.05, 3.63) is 125 Å². The van der Waals surface area contributed by atoms with Gasteiger partial charge in [0.25, 0.3) is 5.91 Å². The van der Waals surface area contributed by atoms with Gasteiger partial charge in [0.15, 0.2) is 5.78 Å². The molecule has 5 aromatic rings. The van der Waals surface area contributed by atoms with Crippen LogP contribution < -0.4 is 21.0 Å². The molecule has 1 aliphatic carbocycles. The highest BCUT2D eigenvalue weighted by molar-refractivity contribution is 5.90. The number of methoxy groups -OCH3 is 2. The van der Waals surface area contributed by atoms with E-state index in [-0.39, 0.29) is 27.1 Å². The van der Waals surface area contributed by atoms with E-state index >= 15 is 8.78 Å². The van der Waals surface area contributed by atoms with Crippen LogP contribution >= 0.6 is 0 Å². The smallest absolute Gasteiger partial charge is 0.407 e. The Morgan fingerprint density at radius 1 is 0.753 bits per heavy atom. The summed E-state index contributed by atoms with van der Waals surface area (Å²) in [6.07, 6.45) is -4.62. The molecule has 2 bridgehead atoms. The van der Waals surface area contributed by atoms with Gasteiger partial charge in [0.1, 0.15) is 29.8 Å². The molecule has 3 aromatic heterocycles. The predicted octanol–water partition coefficient (Wildman–Crippen LogP) is 9.52. The van der Waals surface area contributed by atoms with E-state index in [2.05, 4.69) is 56.6 Å². The molecule has 29 heteroatoms. The molecule has 3 aliphatic rings. The molecule has 2 unspecified atom stereocenters. The monoisotopic (exact) mass is 1260 g/mol. The fraction of sp³-hybridized carbons (Fsp3) is 0.483. The molecule has 3 amide bonds. The number of piperazine rings is 1. The molecular formula is C60H65F10N11O8. The number of hydrogen-bond donors (Lipinski definition) is 3. The van der Waals surface area contributed by atoms with E-state index < -0.39 is 127 Å². The second kappa shape index (κ2) is 27.6. The number of Topliss-reactive ketones (excluding diaryl/α,β-unsaturated/α-hetero) is 1. The molecule has 1 saturated carbocycles. The molecule has 3 N–H and O–H groups in total. The number of carbonyl (C=O) groups excluding carboxylic acids is 5. The van der Waals surface area contributed by atoms with E-state index in [0.29, 0.717) is 80.0 Å². The minimum atomic E-state index is -5.27. The Balaban J connectivity index is 1.17. The van der Waals surface area contributed by atoms with E-state index in [9.17, 15) is 59.1 Å². The second-order valence-electron chi connectivity index (χ2n) is 23.2. The molecule has 89 heavy (non-hydrogen) atoms. The summed E-state index contributed by atoms with van der Waals surface area (Å²) in [4.78, 5) is 86.7. The Kier molecular flexibility index (Phi) is 20.6. The first-order valence-electron chi connectivity index (χ1n) is 28.3. The minimum absolute atomic E-state index is 0.196. The van der Waals surface area contributed by atoms with E-state index in [1.54, 1.807) is 24.5 Å².